The first kappa shape index (κ1) is 13.5. The summed E-state index contributed by atoms with van der Waals surface area (Å²) in [6, 6.07) is 8.26. The lowest BCUT2D eigenvalue weighted by atomic mass is 10.3. The fourth-order valence-corrected chi connectivity index (χ4v) is 0.650. The number of hydrogen-bond acceptors (Lipinski definition) is 2. The van der Waals surface area contributed by atoms with Gasteiger partial charge in [-0.3, -0.25) is 25.8 Å². The van der Waals surface area contributed by atoms with Gasteiger partial charge < -0.3 is 9.47 Å². The van der Waals surface area contributed by atoms with Crippen LogP contribution in [-0.2, 0) is 0 Å². The van der Waals surface area contributed by atoms with Crippen molar-refractivity contribution in [1.82, 2.24) is 0 Å². The summed E-state index contributed by atoms with van der Waals surface area (Å²) >= 11 is 6.44. The Hall–Kier alpha value is 0.546. The highest BCUT2D eigenvalue weighted by Gasteiger charge is 1.90. The molecule has 0 aliphatic carbocycles. The normalized spacial score (nSPS) is 7.69. The van der Waals surface area contributed by atoms with Crippen molar-refractivity contribution >= 4 is 41.8 Å². The van der Waals surface area contributed by atoms with Crippen molar-refractivity contribution in [3.8, 4) is 11.5 Å². The van der Waals surface area contributed by atoms with Crippen LogP contribution in [0.4, 0.5) is 0 Å². The number of benzene rings is 1. The molecule has 0 saturated carbocycles. The van der Waals surface area contributed by atoms with Crippen molar-refractivity contribution in [3.05, 3.63) is 24.3 Å². The molecule has 0 spiro atoms. The van der Waals surface area contributed by atoms with Gasteiger partial charge in [-0.05, 0) is 18.2 Å². The van der Waals surface area contributed by atoms with E-state index in [1.165, 1.54) is 0 Å². The van der Waals surface area contributed by atoms with E-state index >= 15 is 0 Å². The monoisotopic (exact) mass is 319 g/mol. The molecule has 0 unspecified atom stereocenters. The first-order chi connectivity index (χ1) is 6.28. The summed E-state index contributed by atoms with van der Waals surface area (Å²) in [6.07, 6.45) is 0. The molecule has 1 rings (SSSR count). The molecule has 0 heterocycles. The molecule has 0 bridgehead atoms. The molecule has 0 fully saturated rings. The topological polar surface area (TPSA) is 18.5 Å². The highest BCUT2D eigenvalue weighted by molar-refractivity contribution is 9.47. The van der Waals surface area contributed by atoms with Crippen LogP contribution in [0.2, 0.25) is 0 Å². The summed E-state index contributed by atoms with van der Waals surface area (Å²) in [5.74, 6) is 1.52. The third-order valence-corrected chi connectivity index (χ3v) is 1.21. The molecule has 0 atom stereocenters. The zero-order valence-corrected chi connectivity index (χ0v) is 12.1. The van der Waals surface area contributed by atoms with Gasteiger partial charge in [0, 0.05) is 6.07 Å². The van der Waals surface area contributed by atoms with Crippen molar-refractivity contribution in [2.75, 3.05) is 14.2 Å². The van der Waals surface area contributed by atoms with Crippen LogP contribution >= 0.6 is 25.8 Å². The second-order valence-corrected chi connectivity index (χ2v) is 9.98. The van der Waals surface area contributed by atoms with E-state index in [9.17, 15) is 0 Å². The molecular weight excluding hydrogens is 312 g/mol. The van der Waals surface area contributed by atoms with Gasteiger partial charge in [0.15, 0.2) is 0 Å². The van der Waals surface area contributed by atoms with Crippen LogP contribution in [0.1, 0.15) is 0 Å². The zero-order valence-electron chi connectivity index (χ0n) is 7.51. The Morgan fingerprint density at radius 2 is 1.85 bits per heavy atom. The Balaban J connectivity index is 0.000000424. The van der Waals surface area contributed by atoms with Crippen molar-refractivity contribution in [3.63, 3.8) is 0 Å². The molecule has 1 aromatic carbocycles. The molecule has 1 radical (unpaired) electrons. The first-order valence-corrected chi connectivity index (χ1v) is 11.3. The minimum Gasteiger partial charge on any atom is -0.497 e. The van der Waals surface area contributed by atoms with Crippen molar-refractivity contribution in [2.24, 2.45) is 0 Å². The minimum absolute atomic E-state index is 0.0417. The molecule has 0 aromatic heterocycles. The lowest BCUT2D eigenvalue weighted by molar-refractivity contribution is 0.402. The average molecular weight is 321 g/mol. The lowest BCUT2D eigenvalue weighted by Gasteiger charge is -1.99. The molecule has 0 saturated heterocycles. The number of ether oxygens (including phenoxy) is 2. The van der Waals surface area contributed by atoms with Crippen LogP contribution in [0.5, 0.6) is 11.5 Å². The van der Waals surface area contributed by atoms with Crippen LogP contribution in [0, 0.1) is 6.07 Å². The number of halogens is 2. The Labute approximate surface area is 100 Å². The van der Waals surface area contributed by atoms with E-state index in [0.717, 1.165) is 11.5 Å². The van der Waals surface area contributed by atoms with Crippen molar-refractivity contribution < 1.29 is 9.47 Å². The van der Waals surface area contributed by atoms with Gasteiger partial charge in [-0.25, -0.2) is 0 Å². The molecule has 0 aliphatic rings. The Morgan fingerprint density at radius 3 is 2.15 bits per heavy atom. The summed E-state index contributed by atoms with van der Waals surface area (Å²) in [6.45, 7) is 0. The van der Waals surface area contributed by atoms with E-state index < -0.39 is 0 Å². The smallest absolute Gasteiger partial charge is 0.497 e. The second kappa shape index (κ2) is 9.12. The maximum absolute atomic E-state index is 4.93. The molecule has 2 nitrogen and oxygen atoms in total. The van der Waals surface area contributed by atoms with Crippen LogP contribution in [0.3, 0.4) is 0 Å². The van der Waals surface area contributed by atoms with Gasteiger partial charge in [-0.15, -0.1) is 0 Å². The van der Waals surface area contributed by atoms with E-state index in [1.54, 1.807) is 26.4 Å². The fraction of sp³-hybridized carbons (Fsp3) is 0.250. The van der Waals surface area contributed by atoms with E-state index in [4.69, 9.17) is 9.47 Å². The van der Waals surface area contributed by atoms with Gasteiger partial charge in [-0.2, -0.15) is 0 Å². The van der Waals surface area contributed by atoms with Crippen LogP contribution < -0.4 is 9.47 Å². The first-order valence-electron chi connectivity index (χ1n) is 3.50. The predicted molar refractivity (Wildman–Crippen MR) is 62.0 cm³/mol. The number of rotatable bonds is 2. The van der Waals surface area contributed by atoms with Gasteiger partial charge in [0.05, 0.1) is 14.2 Å². The third kappa shape index (κ3) is 6.59. The Kier molecular flexibility index (Phi) is 9.50. The van der Waals surface area contributed by atoms with Crippen molar-refractivity contribution in [1.29, 1.82) is 0 Å². The molecule has 0 N–H and O–H groups in total. The molecule has 1 aromatic rings. The quantitative estimate of drug-likeness (QED) is 0.780. The third-order valence-electron chi connectivity index (χ3n) is 1.21. The highest BCUT2D eigenvalue weighted by atomic mass is 79.9. The summed E-state index contributed by atoms with van der Waals surface area (Å²) < 4.78 is 9.83. The average Bonchev–Trinajstić information content (AvgIpc) is 2.19. The van der Waals surface area contributed by atoms with E-state index in [0.29, 0.717) is 0 Å². The van der Waals surface area contributed by atoms with Gasteiger partial charge in [-0.1, -0.05) is 0 Å². The highest BCUT2D eigenvalue weighted by Crippen LogP contribution is 2.14. The van der Waals surface area contributed by atoms with Gasteiger partial charge in [0.2, 0.25) is 0 Å². The maximum atomic E-state index is 4.93. The van der Waals surface area contributed by atoms with Crippen LogP contribution in [0.15, 0.2) is 18.2 Å². The molecule has 5 heteroatoms. The van der Waals surface area contributed by atoms with E-state index in [-0.39, 0.29) is 16.0 Å². The van der Waals surface area contributed by atoms with Gasteiger partial charge >= 0.3 is 16.0 Å². The van der Waals surface area contributed by atoms with Crippen LogP contribution in [0.25, 0.3) is 0 Å². The standard InChI is InChI=1S/C8H9O2.2BrH.Mg/c1-9-7-3-5-8(10-2)6-4-7;;;/h3-5H,1-2H3;2*1H;/q;;;+2/p-2. The van der Waals surface area contributed by atoms with E-state index in [1.807, 2.05) is 6.07 Å². The zero-order chi connectivity index (χ0) is 10.1. The summed E-state index contributed by atoms with van der Waals surface area (Å²) in [5.41, 5.74) is 0. The maximum Gasteiger partial charge on any atom is 0.560 e. The molecule has 69 valence electrons. The fourth-order valence-electron chi connectivity index (χ4n) is 0.650. The van der Waals surface area contributed by atoms with Crippen molar-refractivity contribution in [2.45, 2.75) is 0 Å². The second-order valence-electron chi connectivity index (χ2n) is 1.90. The molecule has 0 amide bonds. The van der Waals surface area contributed by atoms with Gasteiger partial charge in [0.25, 0.3) is 0 Å². The predicted octanol–water partition coefficient (Wildman–Crippen LogP) is 2.81. The summed E-state index contributed by atoms with van der Waals surface area (Å²) in [5, 5.41) is 0. The Bertz CT molecular complexity index is 193. The Morgan fingerprint density at radius 1 is 1.23 bits per heavy atom. The lowest BCUT2D eigenvalue weighted by Crippen LogP contribution is -1.84. The number of methoxy groups -OCH3 is 2. The SMILES string of the molecule is COc1[c]cc(OC)cc1.[Br][Mg][Br]. The van der Waals surface area contributed by atoms with E-state index in [2.05, 4.69) is 31.8 Å². The summed E-state index contributed by atoms with van der Waals surface area (Å²) in [4.78, 5) is 0. The molecular formula is C8H9Br2MgO2. The van der Waals surface area contributed by atoms with Gasteiger partial charge in [0.1, 0.15) is 11.5 Å². The minimum atomic E-state index is 0.0417. The number of hydrogen-bond donors (Lipinski definition) is 0. The molecule has 0 aliphatic heterocycles. The molecule has 13 heavy (non-hydrogen) atoms. The van der Waals surface area contributed by atoms with Crippen LogP contribution in [-0.4, -0.2) is 30.2 Å². The summed E-state index contributed by atoms with van der Waals surface area (Å²) in [7, 11) is 3.23. The largest absolute Gasteiger partial charge is 0.560 e.